The predicted molar refractivity (Wildman–Crippen MR) is 101 cm³/mol. The van der Waals surface area contributed by atoms with Crippen LogP contribution in [0.15, 0.2) is 45.1 Å². The lowest BCUT2D eigenvalue weighted by molar-refractivity contribution is 0.631. The summed E-state index contributed by atoms with van der Waals surface area (Å²) < 4.78 is 2.93. The molecular formula is C18H22N4O2S. The van der Waals surface area contributed by atoms with Gasteiger partial charge in [-0.25, -0.2) is 9.78 Å². The van der Waals surface area contributed by atoms with Crippen molar-refractivity contribution < 1.29 is 0 Å². The number of thioether (sulfide) groups is 1. The summed E-state index contributed by atoms with van der Waals surface area (Å²) in [4.78, 5) is 32.5. The van der Waals surface area contributed by atoms with Crippen molar-refractivity contribution in [1.29, 1.82) is 0 Å². The molecule has 0 fully saturated rings. The fraction of sp³-hybridized carbons (Fsp3) is 0.389. The number of aromatic nitrogens is 4. The van der Waals surface area contributed by atoms with Gasteiger partial charge in [0.05, 0.1) is 6.54 Å². The van der Waals surface area contributed by atoms with Crippen molar-refractivity contribution in [3.8, 4) is 0 Å². The third-order valence-electron chi connectivity index (χ3n) is 4.08. The first-order valence-corrected chi connectivity index (χ1v) is 9.32. The minimum Gasteiger partial charge on any atom is -0.300 e. The Morgan fingerprint density at radius 3 is 2.60 bits per heavy atom. The van der Waals surface area contributed by atoms with Crippen LogP contribution in [0.4, 0.5) is 0 Å². The van der Waals surface area contributed by atoms with Gasteiger partial charge in [-0.15, -0.1) is 0 Å². The topological polar surface area (TPSA) is 72.7 Å². The van der Waals surface area contributed by atoms with Crippen molar-refractivity contribution in [3.63, 3.8) is 0 Å². The van der Waals surface area contributed by atoms with Crippen LogP contribution in [-0.2, 0) is 13.6 Å². The molecule has 0 saturated carbocycles. The SMILES string of the molecule is CC(C)CCSc1nc2c(c(=O)[nH]1)n(Cc1ccccc1)c(=O)n2C. The Balaban J connectivity index is 2.01. The molecule has 0 atom stereocenters. The lowest BCUT2D eigenvalue weighted by atomic mass is 10.2. The van der Waals surface area contributed by atoms with Crippen LogP contribution < -0.4 is 11.2 Å². The maximum Gasteiger partial charge on any atom is 0.330 e. The first-order chi connectivity index (χ1) is 12.0. The monoisotopic (exact) mass is 358 g/mol. The van der Waals surface area contributed by atoms with Crippen LogP contribution in [0.25, 0.3) is 11.2 Å². The molecule has 0 aliphatic heterocycles. The molecule has 0 aliphatic rings. The van der Waals surface area contributed by atoms with Gasteiger partial charge in [-0.3, -0.25) is 18.9 Å². The Labute approximate surface area is 149 Å². The molecule has 0 bridgehead atoms. The number of benzene rings is 1. The van der Waals surface area contributed by atoms with Crippen LogP contribution >= 0.6 is 11.8 Å². The summed E-state index contributed by atoms with van der Waals surface area (Å²) >= 11 is 1.51. The number of nitrogens with one attached hydrogen (secondary N) is 1. The van der Waals surface area contributed by atoms with Gasteiger partial charge in [0.15, 0.2) is 16.3 Å². The van der Waals surface area contributed by atoms with Crippen molar-refractivity contribution in [2.75, 3.05) is 5.75 Å². The zero-order valence-corrected chi connectivity index (χ0v) is 15.5. The third kappa shape index (κ3) is 3.71. The molecule has 0 spiro atoms. The van der Waals surface area contributed by atoms with Crippen LogP contribution in [0.2, 0.25) is 0 Å². The average Bonchev–Trinajstić information content (AvgIpc) is 2.81. The van der Waals surface area contributed by atoms with Gasteiger partial charge in [0.2, 0.25) is 0 Å². The highest BCUT2D eigenvalue weighted by Gasteiger charge is 2.17. The summed E-state index contributed by atoms with van der Waals surface area (Å²) in [5, 5.41) is 0.561. The summed E-state index contributed by atoms with van der Waals surface area (Å²) in [5.74, 6) is 1.48. The fourth-order valence-electron chi connectivity index (χ4n) is 2.65. The van der Waals surface area contributed by atoms with E-state index in [9.17, 15) is 9.59 Å². The molecule has 0 radical (unpaired) electrons. The van der Waals surface area contributed by atoms with E-state index in [-0.39, 0.29) is 11.2 Å². The largest absolute Gasteiger partial charge is 0.330 e. The Hall–Kier alpha value is -2.28. The van der Waals surface area contributed by atoms with Gasteiger partial charge in [0.1, 0.15) is 0 Å². The molecular weight excluding hydrogens is 336 g/mol. The molecule has 0 unspecified atom stereocenters. The molecule has 25 heavy (non-hydrogen) atoms. The highest BCUT2D eigenvalue weighted by Crippen LogP contribution is 2.17. The van der Waals surface area contributed by atoms with Crippen molar-refractivity contribution in [2.24, 2.45) is 13.0 Å². The van der Waals surface area contributed by atoms with Gasteiger partial charge in [0, 0.05) is 12.8 Å². The predicted octanol–water partition coefficient (Wildman–Crippen LogP) is 2.61. The number of imidazole rings is 1. The quantitative estimate of drug-likeness (QED) is 0.543. The van der Waals surface area contributed by atoms with Crippen LogP contribution in [-0.4, -0.2) is 24.9 Å². The number of fused-ring (bicyclic) bond motifs is 1. The highest BCUT2D eigenvalue weighted by molar-refractivity contribution is 7.99. The molecule has 0 aliphatic carbocycles. The smallest absolute Gasteiger partial charge is 0.300 e. The van der Waals surface area contributed by atoms with Crippen LogP contribution in [0.1, 0.15) is 25.8 Å². The first-order valence-electron chi connectivity index (χ1n) is 8.33. The highest BCUT2D eigenvalue weighted by atomic mass is 32.2. The maximum absolute atomic E-state index is 12.6. The van der Waals surface area contributed by atoms with Crippen LogP contribution in [0, 0.1) is 5.92 Å². The van der Waals surface area contributed by atoms with Crippen molar-refractivity contribution in [2.45, 2.75) is 32.0 Å². The number of H-pyrrole nitrogens is 1. The molecule has 3 rings (SSSR count). The van der Waals surface area contributed by atoms with E-state index < -0.39 is 0 Å². The normalized spacial score (nSPS) is 11.5. The Morgan fingerprint density at radius 2 is 1.92 bits per heavy atom. The molecule has 1 aromatic carbocycles. The van der Waals surface area contributed by atoms with Crippen LogP contribution in [0.5, 0.6) is 0 Å². The van der Waals surface area contributed by atoms with Crippen molar-refractivity contribution >= 4 is 22.9 Å². The van der Waals surface area contributed by atoms with E-state index in [1.165, 1.54) is 20.9 Å². The number of nitrogens with zero attached hydrogens (tertiary/aromatic N) is 3. The van der Waals surface area contributed by atoms with E-state index in [0.29, 0.717) is 28.8 Å². The summed E-state index contributed by atoms with van der Waals surface area (Å²) in [6, 6.07) is 9.62. The molecule has 7 heteroatoms. The zero-order chi connectivity index (χ0) is 18.0. The van der Waals surface area contributed by atoms with E-state index in [4.69, 9.17) is 0 Å². The fourth-order valence-corrected chi connectivity index (χ4v) is 3.75. The van der Waals surface area contributed by atoms with Gasteiger partial charge < -0.3 is 0 Å². The second-order valence-corrected chi connectivity index (χ2v) is 7.57. The molecule has 6 nitrogen and oxygen atoms in total. The molecule has 2 heterocycles. The van der Waals surface area contributed by atoms with E-state index in [0.717, 1.165) is 17.7 Å². The molecule has 132 valence electrons. The molecule has 3 aromatic rings. The molecule has 0 amide bonds. The third-order valence-corrected chi connectivity index (χ3v) is 4.98. The van der Waals surface area contributed by atoms with Crippen LogP contribution in [0.3, 0.4) is 0 Å². The lowest BCUT2D eigenvalue weighted by Crippen LogP contribution is -2.24. The Morgan fingerprint density at radius 1 is 1.20 bits per heavy atom. The standard InChI is InChI=1S/C18H22N4O2S/c1-12(2)9-10-25-17-19-15-14(16(23)20-17)22(18(24)21(15)3)11-13-7-5-4-6-8-13/h4-8,12H,9-11H2,1-3H3,(H,19,20,23). The van der Waals surface area contributed by atoms with Gasteiger partial charge in [-0.2, -0.15) is 0 Å². The summed E-state index contributed by atoms with van der Waals surface area (Å²) in [7, 11) is 1.65. The van der Waals surface area contributed by atoms with Gasteiger partial charge >= 0.3 is 5.69 Å². The van der Waals surface area contributed by atoms with E-state index in [1.807, 2.05) is 30.3 Å². The first kappa shape index (κ1) is 17.5. The van der Waals surface area contributed by atoms with E-state index >= 15 is 0 Å². The summed E-state index contributed by atoms with van der Waals surface area (Å²) in [6.07, 6.45) is 1.04. The number of rotatable bonds is 6. The van der Waals surface area contributed by atoms with Gasteiger partial charge in [-0.05, 0) is 17.9 Å². The van der Waals surface area contributed by atoms with Gasteiger partial charge in [-0.1, -0.05) is 55.9 Å². The van der Waals surface area contributed by atoms with Crippen molar-refractivity contribution in [3.05, 3.63) is 56.7 Å². The molecule has 2 aromatic heterocycles. The summed E-state index contributed by atoms with van der Waals surface area (Å²) in [5.41, 5.74) is 1.21. The van der Waals surface area contributed by atoms with Crippen molar-refractivity contribution in [1.82, 2.24) is 19.1 Å². The Bertz CT molecular complexity index is 986. The minimum atomic E-state index is -0.273. The minimum absolute atomic E-state index is 0.235. The Kier molecular flexibility index (Phi) is 5.13. The van der Waals surface area contributed by atoms with E-state index in [2.05, 4.69) is 23.8 Å². The average molecular weight is 358 g/mol. The number of aromatic amines is 1. The lowest BCUT2D eigenvalue weighted by Gasteiger charge is -2.05. The zero-order valence-electron chi connectivity index (χ0n) is 14.7. The second kappa shape index (κ2) is 7.31. The summed E-state index contributed by atoms with van der Waals surface area (Å²) in [6.45, 7) is 4.67. The number of hydrogen-bond donors (Lipinski definition) is 1. The van der Waals surface area contributed by atoms with Gasteiger partial charge in [0.25, 0.3) is 5.56 Å². The number of aryl methyl sites for hydroxylation is 1. The number of hydrogen-bond acceptors (Lipinski definition) is 4. The molecule has 0 saturated heterocycles. The van der Waals surface area contributed by atoms with E-state index in [1.54, 1.807) is 7.05 Å². The molecule has 1 N–H and O–H groups in total. The second-order valence-electron chi connectivity index (χ2n) is 6.49. The maximum atomic E-state index is 12.6.